The van der Waals surface area contributed by atoms with Crippen molar-refractivity contribution in [3.63, 3.8) is 0 Å². The fourth-order valence-corrected chi connectivity index (χ4v) is 4.60. The number of furan rings is 1. The molecule has 1 fully saturated rings. The van der Waals surface area contributed by atoms with Gasteiger partial charge in [-0.15, -0.1) is 0 Å². The highest BCUT2D eigenvalue weighted by molar-refractivity contribution is 9.10. The summed E-state index contributed by atoms with van der Waals surface area (Å²) in [5.41, 5.74) is 3.57. The maximum atomic E-state index is 12.6. The van der Waals surface area contributed by atoms with Gasteiger partial charge in [-0.1, -0.05) is 25.5 Å². The van der Waals surface area contributed by atoms with E-state index in [4.69, 9.17) is 4.42 Å². The van der Waals surface area contributed by atoms with Crippen molar-refractivity contribution in [3.05, 3.63) is 64.3 Å². The van der Waals surface area contributed by atoms with Crippen LogP contribution in [-0.4, -0.2) is 30.4 Å². The van der Waals surface area contributed by atoms with Gasteiger partial charge in [0.2, 0.25) is 0 Å². The average molecular weight is 455 g/mol. The Hall–Kier alpha value is -2.11. The zero-order valence-electron chi connectivity index (χ0n) is 16.8. The summed E-state index contributed by atoms with van der Waals surface area (Å²) in [5, 5.41) is 4.14. The van der Waals surface area contributed by atoms with Crippen molar-refractivity contribution in [2.24, 2.45) is 0 Å². The summed E-state index contributed by atoms with van der Waals surface area (Å²) >= 11 is 3.45. The van der Waals surface area contributed by atoms with E-state index >= 15 is 0 Å². The first-order valence-electron chi connectivity index (χ1n) is 10.4. The standard InChI is InChI=1S/C24H27BrN2O2/c1-2-3-12-27-13-10-17(11-14-27)21-16-29-23-9-8-18(15-20(21)23)26-24(28)19-6-4-5-7-22(19)25/h4-9,15-17H,2-3,10-14H2,1H3,(H,26,28). The summed E-state index contributed by atoms with van der Waals surface area (Å²) in [7, 11) is 0. The number of benzene rings is 2. The summed E-state index contributed by atoms with van der Waals surface area (Å²) in [6, 6.07) is 13.4. The second kappa shape index (κ2) is 9.14. The Morgan fingerprint density at radius 2 is 2.00 bits per heavy atom. The lowest BCUT2D eigenvalue weighted by Crippen LogP contribution is -2.33. The van der Waals surface area contributed by atoms with Gasteiger partial charge in [-0.3, -0.25) is 4.79 Å². The predicted molar refractivity (Wildman–Crippen MR) is 122 cm³/mol. The van der Waals surface area contributed by atoms with Crippen LogP contribution in [-0.2, 0) is 0 Å². The Labute approximate surface area is 180 Å². The van der Waals surface area contributed by atoms with Crippen molar-refractivity contribution in [1.82, 2.24) is 4.90 Å². The monoisotopic (exact) mass is 454 g/mol. The molecule has 0 aliphatic carbocycles. The number of carbonyl (C=O) groups excluding carboxylic acids is 1. The molecule has 4 rings (SSSR count). The molecule has 1 aliphatic heterocycles. The van der Waals surface area contributed by atoms with Gasteiger partial charge in [-0.2, -0.15) is 0 Å². The molecule has 0 saturated carbocycles. The molecule has 0 spiro atoms. The highest BCUT2D eigenvalue weighted by Gasteiger charge is 2.23. The normalized spacial score (nSPS) is 15.7. The fourth-order valence-electron chi connectivity index (χ4n) is 4.14. The number of unbranched alkanes of at least 4 members (excludes halogenated alkanes) is 1. The minimum atomic E-state index is -0.119. The van der Waals surface area contributed by atoms with Crippen LogP contribution in [0.2, 0.25) is 0 Å². The van der Waals surface area contributed by atoms with Crippen LogP contribution in [0.15, 0.2) is 57.6 Å². The molecule has 0 unspecified atom stereocenters. The molecule has 1 saturated heterocycles. The topological polar surface area (TPSA) is 45.5 Å². The maximum absolute atomic E-state index is 12.6. The third-order valence-electron chi connectivity index (χ3n) is 5.84. The summed E-state index contributed by atoms with van der Waals surface area (Å²) in [4.78, 5) is 15.2. The van der Waals surface area contributed by atoms with Gasteiger partial charge < -0.3 is 14.6 Å². The Morgan fingerprint density at radius 3 is 2.76 bits per heavy atom. The second-order valence-electron chi connectivity index (χ2n) is 7.81. The molecule has 1 amide bonds. The molecular weight excluding hydrogens is 428 g/mol. The van der Waals surface area contributed by atoms with Crippen LogP contribution in [0.1, 0.15) is 54.4 Å². The molecular formula is C24H27BrN2O2. The number of hydrogen-bond donors (Lipinski definition) is 1. The van der Waals surface area contributed by atoms with E-state index in [9.17, 15) is 4.79 Å². The molecule has 2 aromatic carbocycles. The number of nitrogens with zero attached hydrogens (tertiary/aromatic N) is 1. The summed E-state index contributed by atoms with van der Waals surface area (Å²) < 4.78 is 6.61. The minimum absolute atomic E-state index is 0.119. The van der Waals surface area contributed by atoms with E-state index in [1.165, 1.54) is 24.9 Å². The molecule has 0 bridgehead atoms. The van der Waals surface area contributed by atoms with Crippen LogP contribution in [0.4, 0.5) is 5.69 Å². The van der Waals surface area contributed by atoms with Crippen molar-refractivity contribution < 1.29 is 9.21 Å². The molecule has 29 heavy (non-hydrogen) atoms. The SMILES string of the molecule is CCCCN1CCC(c2coc3ccc(NC(=O)c4ccccc4Br)cc23)CC1. The van der Waals surface area contributed by atoms with Gasteiger partial charge in [0.05, 0.1) is 11.8 Å². The number of anilines is 1. The largest absolute Gasteiger partial charge is 0.464 e. The van der Waals surface area contributed by atoms with Gasteiger partial charge in [0.1, 0.15) is 5.58 Å². The highest BCUT2D eigenvalue weighted by Crippen LogP contribution is 2.35. The van der Waals surface area contributed by atoms with Crippen LogP contribution >= 0.6 is 15.9 Å². The first kappa shape index (κ1) is 20.2. The van der Waals surface area contributed by atoms with Crippen molar-refractivity contribution in [3.8, 4) is 0 Å². The van der Waals surface area contributed by atoms with Crippen LogP contribution in [0, 0.1) is 0 Å². The molecule has 3 aromatic rings. The molecule has 152 valence electrons. The first-order chi connectivity index (χ1) is 14.2. The van der Waals surface area contributed by atoms with Gasteiger partial charge in [-0.05, 0) is 91.1 Å². The van der Waals surface area contributed by atoms with Gasteiger partial charge >= 0.3 is 0 Å². The molecule has 5 heteroatoms. The fraction of sp³-hybridized carbons (Fsp3) is 0.375. The van der Waals surface area contributed by atoms with E-state index in [2.05, 4.69) is 33.1 Å². The number of likely N-dealkylation sites (tertiary alicyclic amines) is 1. The van der Waals surface area contributed by atoms with E-state index in [1.54, 1.807) is 0 Å². The summed E-state index contributed by atoms with van der Waals surface area (Å²) in [6.07, 6.45) is 6.76. The van der Waals surface area contributed by atoms with Gasteiger partial charge in [0, 0.05) is 21.1 Å². The Balaban J connectivity index is 1.50. The Morgan fingerprint density at radius 1 is 1.21 bits per heavy atom. The highest BCUT2D eigenvalue weighted by atomic mass is 79.9. The number of amides is 1. The number of rotatable bonds is 6. The predicted octanol–water partition coefficient (Wildman–Crippen LogP) is 6.43. The number of carbonyl (C=O) groups is 1. The molecule has 4 nitrogen and oxygen atoms in total. The molecule has 1 N–H and O–H groups in total. The smallest absolute Gasteiger partial charge is 0.256 e. The van der Waals surface area contributed by atoms with Crippen molar-refractivity contribution in [1.29, 1.82) is 0 Å². The lowest BCUT2D eigenvalue weighted by Gasteiger charge is -2.31. The number of halogens is 1. The summed E-state index contributed by atoms with van der Waals surface area (Å²) in [6.45, 7) is 5.75. The lowest BCUT2D eigenvalue weighted by molar-refractivity contribution is 0.102. The van der Waals surface area contributed by atoms with Gasteiger partial charge in [0.15, 0.2) is 0 Å². The molecule has 0 radical (unpaired) electrons. The van der Waals surface area contributed by atoms with Crippen LogP contribution in [0.25, 0.3) is 11.0 Å². The zero-order valence-corrected chi connectivity index (χ0v) is 18.4. The Bertz CT molecular complexity index is 989. The average Bonchev–Trinajstić information content (AvgIpc) is 3.16. The molecule has 1 aliphatic rings. The minimum Gasteiger partial charge on any atom is -0.464 e. The molecule has 1 aromatic heterocycles. The van der Waals surface area contributed by atoms with E-state index < -0.39 is 0 Å². The van der Waals surface area contributed by atoms with Crippen molar-refractivity contribution in [2.75, 3.05) is 25.0 Å². The molecule has 2 heterocycles. The number of piperidine rings is 1. The zero-order chi connectivity index (χ0) is 20.2. The maximum Gasteiger partial charge on any atom is 0.256 e. The number of fused-ring (bicyclic) bond motifs is 1. The van der Waals surface area contributed by atoms with E-state index in [1.807, 2.05) is 48.7 Å². The van der Waals surface area contributed by atoms with E-state index in [0.29, 0.717) is 11.5 Å². The Kier molecular flexibility index (Phi) is 6.36. The van der Waals surface area contributed by atoms with E-state index in [-0.39, 0.29) is 5.91 Å². The van der Waals surface area contributed by atoms with Gasteiger partial charge in [-0.25, -0.2) is 0 Å². The molecule has 0 atom stereocenters. The van der Waals surface area contributed by atoms with Crippen molar-refractivity contribution >= 4 is 38.5 Å². The third-order valence-corrected chi connectivity index (χ3v) is 6.53. The lowest BCUT2D eigenvalue weighted by atomic mass is 9.89. The number of nitrogens with one attached hydrogen (secondary N) is 1. The summed E-state index contributed by atoms with van der Waals surface area (Å²) in [5.74, 6) is 0.398. The van der Waals surface area contributed by atoms with Crippen LogP contribution in [0.3, 0.4) is 0 Å². The van der Waals surface area contributed by atoms with Crippen LogP contribution < -0.4 is 5.32 Å². The number of hydrogen-bond acceptors (Lipinski definition) is 3. The quantitative estimate of drug-likeness (QED) is 0.466. The van der Waals surface area contributed by atoms with Crippen LogP contribution in [0.5, 0.6) is 0 Å². The first-order valence-corrected chi connectivity index (χ1v) is 11.2. The van der Waals surface area contributed by atoms with Gasteiger partial charge in [0.25, 0.3) is 5.91 Å². The van der Waals surface area contributed by atoms with Crippen molar-refractivity contribution in [2.45, 2.75) is 38.5 Å². The second-order valence-corrected chi connectivity index (χ2v) is 8.66. The van der Waals surface area contributed by atoms with E-state index in [0.717, 1.165) is 47.1 Å². The third kappa shape index (κ3) is 4.57.